The molecule has 2 amide bonds. The van der Waals surface area contributed by atoms with E-state index in [9.17, 15) is 9.59 Å². The van der Waals surface area contributed by atoms with Gasteiger partial charge in [0.25, 0.3) is 0 Å². The van der Waals surface area contributed by atoms with Gasteiger partial charge in [-0.15, -0.1) is 0 Å². The molecule has 6 heteroatoms. The molecule has 13 heavy (non-hydrogen) atoms. The summed E-state index contributed by atoms with van der Waals surface area (Å²) in [6.07, 6.45) is 0.252. The summed E-state index contributed by atoms with van der Waals surface area (Å²) in [5.74, 6) is -0.207. The molecule has 0 atom stereocenters. The first-order valence-corrected chi connectivity index (χ1v) is 4.51. The largest absolute Gasteiger partial charge is 0.465 e. The Hall–Kier alpha value is -0.910. The molecule has 0 bridgehead atoms. The monoisotopic (exact) mass is 204 g/mol. The Kier molecular flexibility index (Phi) is 3.41. The predicted molar refractivity (Wildman–Crippen MR) is 49.5 cm³/mol. The normalized spacial score (nSPS) is 18.4. The molecule has 0 unspecified atom stereocenters. The van der Waals surface area contributed by atoms with Gasteiger partial charge in [-0.1, -0.05) is 12.8 Å². The van der Waals surface area contributed by atoms with Gasteiger partial charge in [-0.2, -0.15) is 0 Å². The molecule has 5 nitrogen and oxygen atoms in total. The molecule has 0 spiro atoms. The molecule has 0 aromatic rings. The first kappa shape index (κ1) is 10.2. The minimum atomic E-state index is -0.912. The molecule has 1 aliphatic heterocycles. The number of carbonyl (C=O) groups is 2. The Morgan fingerprint density at radius 2 is 1.92 bits per heavy atom. The molecule has 0 aromatic heterocycles. The fourth-order valence-electron chi connectivity index (χ4n) is 1.42. The molecular weight excluding hydrogens is 192 g/mol. The van der Waals surface area contributed by atoms with E-state index in [1.165, 1.54) is 4.90 Å². The summed E-state index contributed by atoms with van der Waals surface area (Å²) < 4.78 is 2.27. The summed E-state index contributed by atoms with van der Waals surface area (Å²) in [5, 5.41) is 8.63. The van der Waals surface area contributed by atoms with Gasteiger partial charge < -0.3 is 14.7 Å². The first-order chi connectivity index (χ1) is 6.15. The second-order valence-electron chi connectivity index (χ2n) is 3.02. The Labute approximate surface area is 81.6 Å². The zero-order valence-corrected chi connectivity index (χ0v) is 7.96. The van der Waals surface area contributed by atoms with Gasteiger partial charge in [-0.05, 0) is 12.8 Å². The number of amides is 2. The van der Waals surface area contributed by atoms with Crippen molar-refractivity contribution in [2.24, 2.45) is 5.92 Å². The molecular formula is C7H12N2O3S. The van der Waals surface area contributed by atoms with Crippen LogP contribution in [0.4, 0.5) is 4.79 Å². The smallest absolute Gasteiger partial charge is 0.407 e. The lowest BCUT2D eigenvalue weighted by molar-refractivity contribution is -0.124. The third-order valence-electron chi connectivity index (χ3n) is 2.25. The summed E-state index contributed by atoms with van der Waals surface area (Å²) in [6.45, 7) is 0.863. The zero-order valence-electron chi connectivity index (χ0n) is 7.06. The standard InChI is InChI=1S/C7H12N2O3S/c10-6(8-13)5-1-3-9(4-2-5)7(11)12/h5,13H,1-4H2,(H,8,10)(H,11,12). The molecule has 1 rings (SSSR count). The van der Waals surface area contributed by atoms with Gasteiger partial charge in [0, 0.05) is 19.0 Å². The van der Waals surface area contributed by atoms with E-state index in [0.717, 1.165) is 0 Å². The van der Waals surface area contributed by atoms with Crippen LogP contribution >= 0.6 is 12.8 Å². The van der Waals surface area contributed by atoms with Crippen LogP contribution in [0.3, 0.4) is 0 Å². The van der Waals surface area contributed by atoms with Gasteiger partial charge in [-0.3, -0.25) is 4.79 Å². The van der Waals surface area contributed by atoms with E-state index < -0.39 is 6.09 Å². The summed E-state index contributed by atoms with van der Waals surface area (Å²) in [6, 6.07) is 0. The van der Waals surface area contributed by atoms with Crippen LogP contribution in [0.25, 0.3) is 0 Å². The fraction of sp³-hybridized carbons (Fsp3) is 0.714. The lowest BCUT2D eigenvalue weighted by Gasteiger charge is -2.28. The van der Waals surface area contributed by atoms with Crippen molar-refractivity contribution in [1.29, 1.82) is 0 Å². The third kappa shape index (κ3) is 2.51. The number of rotatable bonds is 1. The van der Waals surface area contributed by atoms with E-state index >= 15 is 0 Å². The molecule has 1 saturated heterocycles. The fourth-order valence-corrected chi connectivity index (χ4v) is 1.61. The maximum atomic E-state index is 11.1. The summed E-state index contributed by atoms with van der Waals surface area (Å²) in [7, 11) is 0. The van der Waals surface area contributed by atoms with Crippen molar-refractivity contribution in [3.05, 3.63) is 0 Å². The minimum Gasteiger partial charge on any atom is -0.465 e. The molecule has 1 aliphatic rings. The van der Waals surface area contributed by atoms with Crippen LogP contribution in [0.2, 0.25) is 0 Å². The van der Waals surface area contributed by atoms with E-state index in [4.69, 9.17) is 5.11 Å². The van der Waals surface area contributed by atoms with Crippen LogP contribution < -0.4 is 4.72 Å². The minimum absolute atomic E-state index is 0.0897. The highest BCUT2D eigenvalue weighted by atomic mass is 32.1. The predicted octanol–water partition coefficient (Wildman–Crippen LogP) is 0.337. The van der Waals surface area contributed by atoms with Gasteiger partial charge in [0.2, 0.25) is 5.91 Å². The highest BCUT2D eigenvalue weighted by Gasteiger charge is 2.26. The molecule has 1 fully saturated rings. The van der Waals surface area contributed by atoms with E-state index in [-0.39, 0.29) is 11.8 Å². The maximum absolute atomic E-state index is 11.1. The summed E-state index contributed by atoms with van der Waals surface area (Å²) in [5.41, 5.74) is 0. The van der Waals surface area contributed by atoms with Gasteiger partial charge in [0.1, 0.15) is 0 Å². The van der Waals surface area contributed by atoms with Crippen molar-refractivity contribution < 1.29 is 14.7 Å². The number of hydrogen-bond donors (Lipinski definition) is 3. The van der Waals surface area contributed by atoms with Crippen LogP contribution in [-0.2, 0) is 4.79 Å². The van der Waals surface area contributed by atoms with E-state index in [1.54, 1.807) is 0 Å². The first-order valence-electron chi connectivity index (χ1n) is 4.07. The molecule has 0 aromatic carbocycles. The number of likely N-dealkylation sites (tertiary alicyclic amines) is 1. The van der Waals surface area contributed by atoms with Crippen molar-refractivity contribution in [2.45, 2.75) is 12.8 Å². The van der Waals surface area contributed by atoms with E-state index in [2.05, 4.69) is 17.5 Å². The Balaban J connectivity index is 2.39. The van der Waals surface area contributed by atoms with Crippen LogP contribution in [-0.4, -0.2) is 35.1 Å². The number of carboxylic acid groups (broad SMARTS) is 1. The number of nitrogens with one attached hydrogen (secondary N) is 1. The number of piperidine rings is 1. The quantitative estimate of drug-likeness (QED) is 0.539. The van der Waals surface area contributed by atoms with Crippen molar-refractivity contribution >= 4 is 24.8 Å². The number of carbonyl (C=O) groups excluding carboxylic acids is 1. The van der Waals surface area contributed by atoms with Gasteiger partial charge in [0.05, 0.1) is 0 Å². The topological polar surface area (TPSA) is 69.6 Å². The Morgan fingerprint density at radius 1 is 1.38 bits per heavy atom. The molecule has 0 aliphatic carbocycles. The Morgan fingerprint density at radius 3 is 2.31 bits per heavy atom. The highest BCUT2D eigenvalue weighted by molar-refractivity contribution is 7.78. The Bertz CT molecular complexity index is 214. The van der Waals surface area contributed by atoms with Crippen LogP contribution in [0.5, 0.6) is 0 Å². The lowest BCUT2D eigenvalue weighted by atomic mass is 9.97. The molecule has 0 radical (unpaired) electrons. The SMILES string of the molecule is O=C(NS)C1CCN(C(=O)O)CC1. The number of thiol groups is 1. The van der Waals surface area contributed by atoms with Crippen molar-refractivity contribution in [3.63, 3.8) is 0 Å². The van der Waals surface area contributed by atoms with Gasteiger partial charge in [-0.25, -0.2) is 4.79 Å². The summed E-state index contributed by atoms with van der Waals surface area (Å²) >= 11 is 3.66. The van der Waals surface area contributed by atoms with Crippen molar-refractivity contribution in [1.82, 2.24) is 9.62 Å². The van der Waals surface area contributed by atoms with E-state index in [0.29, 0.717) is 25.9 Å². The molecule has 1 heterocycles. The second-order valence-corrected chi connectivity index (χ2v) is 3.24. The van der Waals surface area contributed by atoms with E-state index in [1.807, 2.05) is 0 Å². The molecule has 2 N–H and O–H groups in total. The lowest BCUT2D eigenvalue weighted by Crippen LogP contribution is -2.41. The van der Waals surface area contributed by atoms with Crippen LogP contribution in [0.15, 0.2) is 0 Å². The van der Waals surface area contributed by atoms with Crippen molar-refractivity contribution in [2.75, 3.05) is 13.1 Å². The van der Waals surface area contributed by atoms with Crippen molar-refractivity contribution in [3.8, 4) is 0 Å². The van der Waals surface area contributed by atoms with Crippen LogP contribution in [0, 0.1) is 5.92 Å². The number of nitrogens with zero attached hydrogens (tertiary/aromatic N) is 1. The van der Waals surface area contributed by atoms with Gasteiger partial charge >= 0.3 is 6.09 Å². The number of hydrogen-bond acceptors (Lipinski definition) is 3. The average Bonchev–Trinajstić information content (AvgIpc) is 2.17. The third-order valence-corrected chi connectivity index (χ3v) is 2.47. The molecule has 0 saturated carbocycles. The summed E-state index contributed by atoms with van der Waals surface area (Å²) in [4.78, 5) is 22.9. The molecule has 74 valence electrons. The van der Waals surface area contributed by atoms with Crippen LogP contribution in [0.1, 0.15) is 12.8 Å². The maximum Gasteiger partial charge on any atom is 0.407 e. The highest BCUT2D eigenvalue weighted by Crippen LogP contribution is 2.17. The van der Waals surface area contributed by atoms with Gasteiger partial charge in [0.15, 0.2) is 0 Å². The average molecular weight is 204 g/mol. The zero-order chi connectivity index (χ0) is 9.84. The second kappa shape index (κ2) is 4.36.